The van der Waals surface area contributed by atoms with Gasteiger partial charge in [-0.05, 0) is 47.8 Å². The minimum absolute atomic E-state index is 0.0248. The Balaban J connectivity index is 1.36. The Labute approximate surface area is 202 Å². The van der Waals surface area contributed by atoms with Crippen molar-refractivity contribution in [3.8, 4) is 16.4 Å². The van der Waals surface area contributed by atoms with E-state index in [-0.39, 0.29) is 36.0 Å². The first kappa shape index (κ1) is 22.1. The number of rotatable bonds is 7. The summed E-state index contributed by atoms with van der Waals surface area (Å²) >= 11 is 1.43. The van der Waals surface area contributed by atoms with Crippen LogP contribution in [-0.2, 0) is 11.3 Å². The number of esters is 1. The second kappa shape index (κ2) is 9.65. The van der Waals surface area contributed by atoms with E-state index in [0.29, 0.717) is 11.5 Å². The lowest BCUT2D eigenvalue weighted by atomic mass is 10.3. The Morgan fingerprint density at radius 3 is 2.54 bits per heavy atom. The molecule has 0 spiro atoms. The van der Waals surface area contributed by atoms with E-state index >= 15 is 0 Å². The molecular formula is C23H17FN8O2S. The van der Waals surface area contributed by atoms with Crippen LogP contribution in [0, 0.1) is 5.82 Å². The molecule has 2 aromatic carbocycles. The second-order valence-electron chi connectivity index (χ2n) is 7.13. The molecule has 35 heavy (non-hydrogen) atoms. The van der Waals surface area contributed by atoms with Crippen LogP contribution in [0.1, 0.15) is 16.4 Å². The Morgan fingerprint density at radius 2 is 1.80 bits per heavy atom. The highest BCUT2D eigenvalue weighted by Crippen LogP contribution is 2.26. The van der Waals surface area contributed by atoms with Crippen molar-refractivity contribution in [3.05, 3.63) is 89.6 Å². The van der Waals surface area contributed by atoms with Crippen LogP contribution >= 0.6 is 11.3 Å². The Kier molecular flexibility index (Phi) is 6.09. The number of carbonyl (C=O) groups excluding carboxylic acids is 1. The molecule has 10 nitrogen and oxygen atoms in total. The van der Waals surface area contributed by atoms with E-state index in [1.54, 1.807) is 12.1 Å². The van der Waals surface area contributed by atoms with Gasteiger partial charge in [0.2, 0.25) is 11.9 Å². The predicted octanol–water partition coefficient (Wildman–Crippen LogP) is 4.00. The van der Waals surface area contributed by atoms with Gasteiger partial charge in [-0.3, -0.25) is 0 Å². The zero-order valence-electron chi connectivity index (χ0n) is 18.0. The third-order valence-electron chi connectivity index (χ3n) is 4.66. The third kappa shape index (κ3) is 5.12. The number of nitrogens with one attached hydrogen (secondary N) is 1. The summed E-state index contributed by atoms with van der Waals surface area (Å²) in [6.45, 7) is -0.269. The largest absolute Gasteiger partial charge is 0.452 e. The number of benzene rings is 2. The highest BCUT2D eigenvalue weighted by molar-refractivity contribution is 7.13. The Bertz CT molecular complexity index is 1460. The van der Waals surface area contributed by atoms with E-state index in [2.05, 4.69) is 30.4 Å². The molecule has 0 radical (unpaired) electrons. The number of nitrogen functional groups attached to an aromatic ring is 1. The van der Waals surface area contributed by atoms with Gasteiger partial charge in [0.1, 0.15) is 5.82 Å². The maximum absolute atomic E-state index is 13.4. The van der Waals surface area contributed by atoms with Crippen LogP contribution in [0.5, 0.6) is 0 Å². The fraction of sp³-hybridized carbons (Fsp3) is 0.0435. The molecule has 3 N–H and O–H groups in total. The van der Waals surface area contributed by atoms with Gasteiger partial charge in [-0.1, -0.05) is 24.3 Å². The van der Waals surface area contributed by atoms with Crippen molar-refractivity contribution in [2.24, 2.45) is 0 Å². The van der Waals surface area contributed by atoms with Gasteiger partial charge < -0.3 is 15.8 Å². The van der Waals surface area contributed by atoms with Crippen LogP contribution in [0.4, 0.5) is 22.0 Å². The van der Waals surface area contributed by atoms with E-state index in [4.69, 9.17) is 10.5 Å². The number of carbonyl (C=O) groups is 1. The van der Waals surface area contributed by atoms with E-state index in [1.165, 1.54) is 28.2 Å². The number of ether oxygens (including phenoxy) is 1. The molecule has 0 aliphatic carbocycles. The Morgan fingerprint density at radius 1 is 1.00 bits per heavy atom. The van der Waals surface area contributed by atoms with E-state index in [1.807, 2.05) is 47.8 Å². The predicted molar refractivity (Wildman–Crippen MR) is 128 cm³/mol. The standard InChI is InChI=1S/C23H17FN8O2S/c24-14-8-10-16(11-9-14)32-20(17-7-4-12-35-17)29-19(31-32)21(33)34-13-18-27-22(25)30-23(28-18)26-15-5-2-1-3-6-15/h1-12H,13H2,(H3,25,26,27,28,30). The van der Waals surface area contributed by atoms with Gasteiger partial charge in [0.15, 0.2) is 18.3 Å². The molecule has 0 atom stereocenters. The molecule has 0 bridgehead atoms. The minimum Gasteiger partial charge on any atom is -0.452 e. The number of nitrogens with zero attached hydrogens (tertiary/aromatic N) is 6. The highest BCUT2D eigenvalue weighted by atomic mass is 32.1. The van der Waals surface area contributed by atoms with Crippen LogP contribution in [0.3, 0.4) is 0 Å². The molecule has 0 aliphatic heterocycles. The summed E-state index contributed by atoms with van der Waals surface area (Å²) in [5.41, 5.74) is 7.09. The second-order valence-corrected chi connectivity index (χ2v) is 8.07. The third-order valence-corrected chi connectivity index (χ3v) is 5.53. The fourth-order valence-electron chi connectivity index (χ4n) is 3.13. The molecule has 5 aromatic rings. The SMILES string of the molecule is Nc1nc(COC(=O)c2nc(-c3cccs3)n(-c3ccc(F)cc3)n2)nc(Nc2ccccc2)n1. The molecule has 0 aliphatic rings. The van der Waals surface area contributed by atoms with Gasteiger partial charge in [-0.25, -0.2) is 13.9 Å². The lowest BCUT2D eigenvalue weighted by Crippen LogP contribution is -2.12. The fourth-order valence-corrected chi connectivity index (χ4v) is 3.83. The lowest BCUT2D eigenvalue weighted by Gasteiger charge is -2.07. The summed E-state index contributed by atoms with van der Waals surface area (Å²) < 4.78 is 20.2. The van der Waals surface area contributed by atoms with Gasteiger partial charge in [-0.2, -0.15) is 19.9 Å². The zero-order valence-corrected chi connectivity index (χ0v) is 18.8. The maximum Gasteiger partial charge on any atom is 0.378 e. The average molecular weight is 489 g/mol. The number of halogens is 1. The van der Waals surface area contributed by atoms with Crippen LogP contribution in [-0.4, -0.2) is 35.7 Å². The average Bonchev–Trinajstić information content (AvgIpc) is 3.54. The molecule has 0 fully saturated rings. The molecule has 3 aromatic heterocycles. The van der Waals surface area contributed by atoms with Crippen molar-refractivity contribution in [2.75, 3.05) is 11.1 Å². The van der Waals surface area contributed by atoms with Crippen molar-refractivity contribution in [1.29, 1.82) is 0 Å². The van der Waals surface area contributed by atoms with E-state index in [9.17, 15) is 9.18 Å². The molecule has 0 amide bonds. The summed E-state index contributed by atoms with van der Waals surface area (Å²) in [6, 6.07) is 18.7. The molecule has 0 unspecified atom stereocenters. The first-order valence-electron chi connectivity index (χ1n) is 10.3. The smallest absolute Gasteiger partial charge is 0.378 e. The summed E-state index contributed by atoms with van der Waals surface area (Å²) in [7, 11) is 0. The summed E-state index contributed by atoms with van der Waals surface area (Å²) in [5.74, 6) is -0.554. The quantitative estimate of drug-likeness (QED) is 0.326. The van der Waals surface area contributed by atoms with Crippen LogP contribution in [0.2, 0.25) is 0 Å². The number of hydrogen-bond donors (Lipinski definition) is 2. The molecule has 12 heteroatoms. The topological polar surface area (TPSA) is 134 Å². The van der Waals surface area contributed by atoms with E-state index in [0.717, 1.165) is 10.6 Å². The summed E-state index contributed by atoms with van der Waals surface area (Å²) in [6.07, 6.45) is 0. The molecule has 0 saturated heterocycles. The number of thiophene rings is 1. The van der Waals surface area contributed by atoms with Crippen LogP contribution in [0.15, 0.2) is 72.1 Å². The number of anilines is 3. The molecule has 174 valence electrons. The van der Waals surface area contributed by atoms with Gasteiger partial charge in [0.05, 0.1) is 10.6 Å². The molecular weight excluding hydrogens is 471 g/mol. The van der Waals surface area contributed by atoms with Gasteiger partial charge in [0.25, 0.3) is 5.82 Å². The molecule has 0 saturated carbocycles. The monoisotopic (exact) mass is 488 g/mol. The lowest BCUT2D eigenvalue weighted by molar-refractivity contribution is 0.0448. The Hall–Kier alpha value is -4.71. The van der Waals surface area contributed by atoms with Gasteiger partial charge in [0, 0.05) is 5.69 Å². The number of hydrogen-bond acceptors (Lipinski definition) is 10. The van der Waals surface area contributed by atoms with Crippen molar-refractivity contribution >= 4 is 34.9 Å². The maximum atomic E-state index is 13.4. The number of nitrogens with two attached hydrogens (primary N) is 1. The first-order valence-corrected chi connectivity index (χ1v) is 11.2. The number of aromatic nitrogens is 6. The van der Waals surface area contributed by atoms with Crippen LogP contribution < -0.4 is 11.1 Å². The number of para-hydroxylation sites is 1. The highest BCUT2D eigenvalue weighted by Gasteiger charge is 2.21. The molecule has 5 rings (SSSR count). The summed E-state index contributed by atoms with van der Waals surface area (Å²) in [5, 5.41) is 9.19. The van der Waals surface area contributed by atoms with Crippen molar-refractivity contribution in [2.45, 2.75) is 6.61 Å². The summed E-state index contributed by atoms with van der Waals surface area (Å²) in [4.78, 5) is 30.2. The van der Waals surface area contributed by atoms with Crippen molar-refractivity contribution in [1.82, 2.24) is 29.7 Å². The van der Waals surface area contributed by atoms with Crippen molar-refractivity contribution < 1.29 is 13.9 Å². The van der Waals surface area contributed by atoms with Gasteiger partial charge in [-0.15, -0.1) is 16.4 Å². The molecule has 3 heterocycles. The zero-order chi connectivity index (χ0) is 24.2. The van der Waals surface area contributed by atoms with Gasteiger partial charge >= 0.3 is 5.97 Å². The first-order chi connectivity index (χ1) is 17.0. The van der Waals surface area contributed by atoms with Crippen molar-refractivity contribution in [3.63, 3.8) is 0 Å². The minimum atomic E-state index is -0.778. The van der Waals surface area contributed by atoms with E-state index < -0.39 is 5.97 Å². The normalized spacial score (nSPS) is 10.8. The van der Waals surface area contributed by atoms with Crippen LogP contribution in [0.25, 0.3) is 16.4 Å².